The van der Waals surface area contributed by atoms with Crippen LogP contribution < -0.4 is 5.56 Å². The number of ether oxygens (including phenoxy) is 1. The Morgan fingerprint density at radius 3 is 2.70 bits per heavy atom. The van der Waals surface area contributed by atoms with E-state index in [0.717, 1.165) is 26.0 Å². The van der Waals surface area contributed by atoms with Crippen LogP contribution in [0.2, 0.25) is 0 Å². The monoisotopic (exact) mass is 318 g/mol. The predicted molar refractivity (Wildman–Crippen MR) is 88.6 cm³/mol. The quantitative estimate of drug-likeness (QED) is 0.808. The van der Waals surface area contributed by atoms with Crippen molar-refractivity contribution in [1.82, 2.24) is 9.47 Å². The fourth-order valence-corrected chi connectivity index (χ4v) is 3.35. The number of carbonyl (C=O) groups is 1. The number of carbonyl (C=O) groups excluding carboxylic acids is 1. The molecule has 0 radical (unpaired) electrons. The molecule has 1 amide bonds. The van der Waals surface area contributed by atoms with Crippen LogP contribution in [0.4, 0.5) is 0 Å². The molecular weight excluding hydrogens is 292 g/mol. The van der Waals surface area contributed by atoms with Gasteiger partial charge in [0, 0.05) is 44.1 Å². The highest BCUT2D eigenvalue weighted by Gasteiger charge is 2.28. The first kappa shape index (κ1) is 16.2. The zero-order chi connectivity index (χ0) is 16.2. The molecule has 1 aliphatic carbocycles. The number of nitrogens with zero attached hydrogens (tertiary/aromatic N) is 2. The van der Waals surface area contributed by atoms with E-state index in [4.69, 9.17) is 4.74 Å². The lowest BCUT2D eigenvalue weighted by Crippen LogP contribution is -2.42. The first-order chi connectivity index (χ1) is 11.2. The van der Waals surface area contributed by atoms with E-state index in [0.29, 0.717) is 24.6 Å². The van der Waals surface area contributed by atoms with Crippen molar-refractivity contribution in [1.29, 1.82) is 0 Å². The molecule has 5 nitrogen and oxygen atoms in total. The molecular formula is C18H26N2O3. The van der Waals surface area contributed by atoms with Gasteiger partial charge in [0.1, 0.15) is 0 Å². The van der Waals surface area contributed by atoms with Crippen LogP contribution in [-0.4, -0.2) is 41.2 Å². The minimum atomic E-state index is -0.112. The summed E-state index contributed by atoms with van der Waals surface area (Å²) in [6.07, 6.45) is 7.62. The van der Waals surface area contributed by atoms with Gasteiger partial charge in [-0.1, -0.05) is 6.42 Å². The van der Waals surface area contributed by atoms with Crippen LogP contribution in [0.25, 0.3) is 0 Å². The SMILES string of the molecule is CCn1ccc(C(=O)N(CC2CCC2)C[C@H]2CCCO2)cc1=O. The van der Waals surface area contributed by atoms with E-state index in [9.17, 15) is 9.59 Å². The summed E-state index contributed by atoms with van der Waals surface area (Å²) in [5, 5.41) is 0. The highest BCUT2D eigenvalue weighted by molar-refractivity contribution is 5.94. The van der Waals surface area contributed by atoms with Crippen molar-refractivity contribution >= 4 is 5.91 Å². The van der Waals surface area contributed by atoms with Gasteiger partial charge in [0.2, 0.25) is 0 Å². The van der Waals surface area contributed by atoms with Crippen LogP contribution in [0.5, 0.6) is 0 Å². The third-order valence-electron chi connectivity index (χ3n) is 5.02. The van der Waals surface area contributed by atoms with Crippen molar-refractivity contribution < 1.29 is 9.53 Å². The Morgan fingerprint density at radius 2 is 2.13 bits per heavy atom. The average Bonchev–Trinajstić information content (AvgIpc) is 3.01. The number of hydrogen-bond donors (Lipinski definition) is 0. The maximum Gasteiger partial charge on any atom is 0.254 e. The second kappa shape index (κ2) is 7.30. The molecule has 3 rings (SSSR count). The number of amides is 1. The molecule has 0 spiro atoms. The molecule has 1 saturated carbocycles. The topological polar surface area (TPSA) is 51.5 Å². The third kappa shape index (κ3) is 3.83. The molecule has 1 aromatic heterocycles. The molecule has 1 aromatic rings. The van der Waals surface area contributed by atoms with Crippen molar-refractivity contribution in [3.05, 3.63) is 34.2 Å². The summed E-state index contributed by atoms with van der Waals surface area (Å²) in [4.78, 5) is 26.8. The summed E-state index contributed by atoms with van der Waals surface area (Å²) < 4.78 is 7.31. The van der Waals surface area contributed by atoms with Crippen LogP contribution in [0.1, 0.15) is 49.4 Å². The molecule has 23 heavy (non-hydrogen) atoms. The summed E-state index contributed by atoms with van der Waals surface area (Å²) in [6.45, 7) is 4.77. The van der Waals surface area contributed by atoms with E-state index >= 15 is 0 Å². The van der Waals surface area contributed by atoms with Gasteiger partial charge >= 0.3 is 0 Å². The molecule has 1 atom stereocenters. The first-order valence-electron chi connectivity index (χ1n) is 8.78. The lowest BCUT2D eigenvalue weighted by atomic mass is 9.85. The van der Waals surface area contributed by atoms with Gasteiger partial charge in [-0.3, -0.25) is 9.59 Å². The number of hydrogen-bond acceptors (Lipinski definition) is 3. The summed E-state index contributed by atoms with van der Waals surface area (Å²) in [6, 6.07) is 3.23. The van der Waals surface area contributed by atoms with Gasteiger partial charge in [-0.2, -0.15) is 0 Å². The predicted octanol–water partition coefficient (Wildman–Crippen LogP) is 2.29. The Kier molecular flexibility index (Phi) is 5.16. The minimum absolute atomic E-state index is 0.0345. The van der Waals surface area contributed by atoms with E-state index in [1.165, 1.54) is 25.3 Å². The zero-order valence-electron chi connectivity index (χ0n) is 13.9. The van der Waals surface area contributed by atoms with E-state index in [1.807, 2.05) is 11.8 Å². The molecule has 1 aliphatic heterocycles. The molecule has 5 heteroatoms. The van der Waals surface area contributed by atoms with Crippen molar-refractivity contribution in [2.75, 3.05) is 19.7 Å². The van der Waals surface area contributed by atoms with Crippen LogP contribution in [0.15, 0.2) is 23.1 Å². The number of rotatable bonds is 6. The Balaban J connectivity index is 1.74. The number of aryl methyl sites for hydroxylation is 1. The van der Waals surface area contributed by atoms with E-state index in [-0.39, 0.29) is 17.6 Å². The largest absolute Gasteiger partial charge is 0.376 e. The lowest BCUT2D eigenvalue weighted by molar-refractivity contribution is 0.0447. The Morgan fingerprint density at radius 1 is 1.30 bits per heavy atom. The fraction of sp³-hybridized carbons (Fsp3) is 0.667. The van der Waals surface area contributed by atoms with E-state index < -0.39 is 0 Å². The summed E-state index contributed by atoms with van der Waals surface area (Å²) in [7, 11) is 0. The molecule has 2 heterocycles. The second-order valence-electron chi connectivity index (χ2n) is 6.68. The molecule has 1 saturated heterocycles. The lowest BCUT2D eigenvalue weighted by Gasteiger charge is -2.33. The number of aromatic nitrogens is 1. The van der Waals surface area contributed by atoms with Gasteiger partial charge in [0.15, 0.2) is 0 Å². The fourth-order valence-electron chi connectivity index (χ4n) is 3.35. The minimum Gasteiger partial charge on any atom is -0.376 e. The van der Waals surface area contributed by atoms with Crippen LogP contribution in [-0.2, 0) is 11.3 Å². The van der Waals surface area contributed by atoms with Gasteiger partial charge in [-0.25, -0.2) is 0 Å². The van der Waals surface area contributed by atoms with Gasteiger partial charge in [0.05, 0.1) is 6.10 Å². The Labute approximate surface area is 137 Å². The van der Waals surface area contributed by atoms with Gasteiger partial charge in [-0.15, -0.1) is 0 Å². The van der Waals surface area contributed by atoms with Gasteiger partial charge in [0.25, 0.3) is 11.5 Å². The highest BCUT2D eigenvalue weighted by Crippen LogP contribution is 2.28. The molecule has 126 valence electrons. The van der Waals surface area contributed by atoms with Crippen molar-refractivity contribution in [2.45, 2.75) is 51.7 Å². The normalized spacial score (nSPS) is 21.2. The standard InChI is InChI=1S/C18H26N2O3/c1-2-19-9-8-15(11-17(19)21)18(22)20(12-14-5-3-6-14)13-16-7-4-10-23-16/h8-9,11,14,16H,2-7,10,12-13H2,1H3/t16-/m1/s1. The molecule has 0 aromatic carbocycles. The highest BCUT2D eigenvalue weighted by atomic mass is 16.5. The van der Waals surface area contributed by atoms with Gasteiger partial charge < -0.3 is 14.2 Å². The Bertz CT molecular complexity index is 601. The maximum absolute atomic E-state index is 12.9. The van der Waals surface area contributed by atoms with Crippen LogP contribution in [0, 0.1) is 5.92 Å². The molecule has 2 aliphatic rings. The third-order valence-corrected chi connectivity index (χ3v) is 5.02. The maximum atomic E-state index is 12.9. The van der Waals surface area contributed by atoms with Crippen molar-refractivity contribution in [2.24, 2.45) is 5.92 Å². The molecule has 2 fully saturated rings. The second-order valence-corrected chi connectivity index (χ2v) is 6.68. The summed E-state index contributed by atoms with van der Waals surface area (Å²) in [5.74, 6) is 0.573. The summed E-state index contributed by atoms with van der Waals surface area (Å²) >= 11 is 0. The molecule has 0 unspecified atom stereocenters. The zero-order valence-corrected chi connectivity index (χ0v) is 13.9. The molecule has 0 bridgehead atoms. The Hall–Kier alpha value is -1.62. The summed E-state index contributed by atoms with van der Waals surface area (Å²) in [5.41, 5.74) is 0.385. The van der Waals surface area contributed by atoms with Crippen molar-refractivity contribution in [3.8, 4) is 0 Å². The van der Waals surface area contributed by atoms with E-state index in [1.54, 1.807) is 16.8 Å². The molecule has 0 N–H and O–H groups in total. The van der Waals surface area contributed by atoms with Gasteiger partial charge in [-0.05, 0) is 44.6 Å². The van der Waals surface area contributed by atoms with Crippen molar-refractivity contribution in [3.63, 3.8) is 0 Å². The smallest absolute Gasteiger partial charge is 0.254 e. The van der Waals surface area contributed by atoms with Crippen LogP contribution in [0.3, 0.4) is 0 Å². The number of pyridine rings is 1. The van der Waals surface area contributed by atoms with Crippen LogP contribution >= 0.6 is 0 Å². The average molecular weight is 318 g/mol. The van der Waals surface area contributed by atoms with E-state index in [2.05, 4.69) is 0 Å². The first-order valence-corrected chi connectivity index (χ1v) is 8.78.